The first-order chi connectivity index (χ1) is 19.1. The number of aliphatic hydroxyl groups excluding tert-OH is 1. The van der Waals surface area contributed by atoms with E-state index >= 15 is 0 Å². The van der Waals surface area contributed by atoms with Crippen LogP contribution >= 0.6 is 0 Å². The normalized spacial score (nSPS) is 25.7. The number of epoxide rings is 1. The van der Waals surface area contributed by atoms with Gasteiger partial charge in [0.25, 0.3) is 0 Å². The van der Waals surface area contributed by atoms with Crippen molar-refractivity contribution in [3.05, 3.63) is 96.1 Å². The second-order valence-corrected chi connectivity index (χ2v) is 9.88. The van der Waals surface area contributed by atoms with Crippen molar-refractivity contribution < 1.29 is 34.1 Å². The summed E-state index contributed by atoms with van der Waals surface area (Å²) in [7, 11) is 0. The maximum Gasteiger partial charge on any atom is 0.248 e. The molecule has 0 bridgehead atoms. The number of fused-ring (bicyclic) bond motifs is 1. The van der Waals surface area contributed by atoms with E-state index in [1.54, 1.807) is 18.2 Å². The molecule has 0 saturated carbocycles. The Morgan fingerprint density at radius 3 is 2.33 bits per heavy atom. The molecule has 0 aromatic carbocycles. The average molecular weight is 549 g/mol. The zero-order valence-corrected chi connectivity index (χ0v) is 22.7. The lowest BCUT2D eigenvalue weighted by molar-refractivity contribution is -0.121. The summed E-state index contributed by atoms with van der Waals surface area (Å²) >= 11 is 0. The molecule has 0 radical (unpaired) electrons. The molecule has 9 heteroatoms. The Labute approximate surface area is 234 Å². The number of carbonyl (C=O) groups is 4. The number of rotatable bonds is 13. The van der Waals surface area contributed by atoms with Crippen LogP contribution in [-0.2, 0) is 23.9 Å². The molecule has 0 aromatic heterocycles. The Hall–Kier alpha value is -4.08. The molecule has 1 saturated heterocycles. The fourth-order valence-electron chi connectivity index (χ4n) is 4.08. The highest BCUT2D eigenvalue weighted by molar-refractivity contribution is 6.06. The highest BCUT2D eigenvalue weighted by Crippen LogP contribution is 2.40. The largest absolute Gasteiger partial charge is 0.510 e. The van der Waals surface area contributed by atoms with Crippen LogP contribution in [0.5, 0.6) is 0 Å². The first-order valence-electron chi connectivity index (χ1n) is 13.4. The average Bonchev–Trinajstić information content (AvgIpc) is 3.69. The Bertz CT molecular complexity index is 1250. The molecular formula is C31H36N2O7. The van der Waals surface area contributed by atoms with E-state index in [1.165, 1.54) is 42.5 Å². The van der Waals surface area contributed by atoms with Crippen molar-refractivity contribution in [3.63, 3.8) is 0 Å². The van der Waals surface area contributed by atoms with Gasteiger partial charge in [-0.15, -0.1) is 0 Å². The molecule has 2 amide bonds. The van der Waals surface area contributed by atoms with Crippen LogP contribution in [0.1, 0.15) is 46.0 Å². The van der Waals surface area contributed by atoms with E-state index in [0.29, 0.717) is 5.92 Å². The summed E-state index contributed by atoms with van der Waals surface area (Å²) in [5.41, 5.74) is -1.73. The van der Waals surface area contributed by atoms with E-state index in [9.17, 15) is 29.4 Å². The van der Waals surface area contributed by atoms with Gasteiger partial charge in [0.05, 0.1) is 5.70 Å². The second kappa shape index (κ2) is 14.3. The zero-order chi connectivity index (χ0) is 29.1. The highest BCUT2D eigenvalue weighted by Gasteiger charge is 2.59. The van der Waals surface area contributed by atoms with E-state index in [1.807, 2.05) is 12.2 Å². The van der Waals surface area contributed by atoms with Crippen LogP contribution in [0.25, 0.3) is 0 Å². The number of nitrogens with one attached hydrogen (secondary N) is 2. The van der Waals surface area contributed by atoms with Crippen LogP contribution < -0.4 is 10.6 Å². The summed E-state index contributed by atoms with van der Waals surface area (Å²) in [6.07, 6.45) is 22.4. The molecule has 1 aliphatic heterocycles. The quantitative estimate of drug-likeness (QED) is 0.157. The van der Waals surface area contributed by atoms with Gasteiger partial charge >= 0.3 is 0 Å². The maximum absolute atomic E-state index is 12.5. The van der Waals surface area contributed by atoms with Gasteiger partial charge in [0, 0.05) is 25.0 Å². The summed E-state index contributed by atoms with van der Waals surface area (Å²) < 4.78 is 5.34. The van der Waals surface area contributed by atoms with Gasteiger partial charge in [-0.05, 0) is 30.9 Å². The molecule has 0 aromatic rings. The fourth-order valence-corrected chi connectivity index (χ4v) is 4.08. The first kappa shape index (κ1) is 30.5. The summed E-state index contributed by atoms with van der Waals surface area (Å²) in [6, 6.07) is 0. The van der Waals surface area contributed by atoms with E-state index in [2.05, 4.69) is 30.6 Å². The van der Waals surface area contributed by atoms with Gasteiger partial charge in [0.1, 0.15) is 23.2 Å². The minimum Gasteiger partial charge on any atom is -0.510 e. The van der Waals surface area contributed by atoms with Crippen LogP contribution in [-0.4, -0.2) is 51.4 Å². The Morgan fingerprint density at radius 2 is 1.68 bits per heavy atom. The van der Waals surface area contributed by atoms with Crippen LogP contribution in [0.4, 0.5) is 0 Å². The van der Waals surface area contributed by atoms with Crippen LogP contribution in [0.2, 0.25) is 0 Å². The van der Waals surface area contributed by atoms with Gasteiger partial charge < -0.3 is 25.6 Å². The number of ketones is 2. The minimum atomic E-state index is -1.61. The predicted molar refractivity (Wildman–Crippen MR) is 150 cm³/mol. The SMILES string of the molecule is CCC(C)CC/C=C/C=C/C=C/C(=O)NC1=C[C@@](O)(/C=C/C=C/C=C/C(=O)NC2=C(O)CCC2=O)[C@@H]2O[C@@H]2C1=O. The monoisotopic (exact) mass is 548 g/mol. The van der Waals surface area contributed by atoms with Gasteiger partial charge in [0.15, 0.2) is 11.9 Å². The number of amides is 2. The van der Waals surface area contributed by atoms with E-state index in [0.717, 1.165) is 19.3 Å². The van der Waals surface area contributed by atoms with Gasteiger partial charge in [-0.2, -0.15) is 0 Å². The molecule has 0 spiro atoms. The van der Waals surface area contributed by atoms with Crippen molar-refractivity contribution in [2.75, 3.05) is 0 Å². The first-order valence-corrected chi connectivity index (χ1v) is 13.4. The van der Waals surface area contributed by atoms with Crippen molar-refractivity contribution in [1.29, 1.82) is 0 Å². The number of hydrogen-bond donors (Lipinski definition) is 4. The lowest BCUT2D eigenvalue weighted by Gasteiger charge is -2.23. The molecule has 2 aliphatic carbocycles. The molecule has 212 valence electrons. The van der Waals surface area contributed by atoms with E-state index < -0.39 is 35.4 Å². The Morgan fingerprint density at radius 1 is 1.02 bits per heavy atom. The molecule has 4 atom stereocenters. The van der Waals surface area contributed by atoms with Crippen molar-refractivity contribution >= 4 is 23.4 Å². The van der Waals surface area contributed by atoms with Crippen LogP contribution in [0.3, 0.4) is 0 Å². The van der Waals surface area contributed by atoms with Gasteiger partial charge in [0.2, 0.25) is 17.6 Å². The van der Waals surface area contributed by atoms with Gasteiger partial charge in [-0.3, -0.25) is 19.2 Å². The second-order valence-electron chi connectivity index (χ2n) is 9.88. The van der Waals surface area contributed by atoms with Crippen LogP contribution in [0, 0.1) is 5.92 Å². The van der Waals surface area contributed by atoms with Gasteiger partial charge in [-0.1, -0.05) is 75.0 Å². The third-order valence-corrected chi connectivity index (χ3v) is 6.69. The van der Waals surface area contributed by atoms with E-state index in [4.69, 9.17) is 4.74 Å². The maximum atomic E-state index is 12.5. The summed E-state index contributed by atoms with van der Waals surface area (Å²) in [5, 5.41) is 25.5. The van der Waals surface area contributed by atoms with Crippen molar-refractivity contribution in [2.24, 2.45) is 5.92 Å². The number of hydrogen-bond acceptors (Lipinski definition) is 7. The predicted octanol–water partition coefficient (Wildman–Crippen LogP) is 3.48. The summed E-state index contributed by atoms with van der Waals surface area (Å²) in [4.78, 5) is 48.3. The topological polar surface area (TPSA) is 145 Å². The Balaban J connectivity index is 1.50. The molecule has 1 unspecified atom stereocenters. The number of allylic oxidation sites excluding steroid dienone is 11. The number of ether oxygens (including phenoxy) is 1. The summed E-state index contributed by atoms with van der Waals surface area (Å²) in [5.74, 6) is -1.23. The molecule has 40 heavy (non-hydrogen) atoms. The zero-order valence-electron chi connectivity index (χ0n) is 22.7. The highest BCUT2D eigenvalue weighted by atomic mass is 16.6. The van der Waals surface area contributed by atoms with Crippen molar-refractivity contribution in [3.8, 4) is 0 Å². The summed E-state index contributed by atoms with van der Waals surface area (Å²) in [6.45, 7) is 4.40. The third-order valence-electron chi connectivity index (χ3n) is 6.69. The molecule has 3 rings (SSSR count). The molecule has 3 aliphatic rings. The van der Waals surface area contributed by atoms with Gasteiger partial charge in [-0.25, -0.2) is 0 Å². The van der Waals surface area contributed by atoms with Crippen molar-refractivity contribution in [2.45, 2.75) is 63.8 Å². The smallest absolute Gasteiger partial charge is 0.248 e. The molecular weight excluding hydrogens is 512 g/mol. The number of aliphatic hydroxyl groups is 2. The van der Waals surface area contributed by atoms with Crippen molar-refractivity contribution in [1.82, 2.24) is 10.6 Å². The molecule has 9 nitrogen and oxygen atoms in total. The van der Waals surface area contributed by atoms with Crippen LogP contribution in [0.15, 0.2) is 96.1 Å². The fraction of sp³-hybridized carbons (Fsp3) is 0.355. The molecule has 1 heterocycles. The van der Waals surface area contributed by atoms with E-state index in [-0.39, 0.29) is 35.8 Å². The third kappa shape index (κ3) is 8.72. The molecule has 1 fully saturated rings. The molecule has 4 N–H and O–H groups in total. The Kier molecular flexibility index (Phi) is 10.9. The lowest BCUT2D eigenvalue weighted by atomic mass is 9.88. The number of Topliss-reactive ketones (excluding diaryl/α,β-unsaturated/α-hetero) is 2. The standard InChI is InChI=1S/C31H36N2O7/c1-3-21(2)14-10-6-4-5-7-11-15-25(36)32-22-20-31(39,30-29(40-30)28(22)38)19-13-9-8-12-16-26(37)33-27-23(34)17-18-24(27)35/h4-9,11-13,15-16,19-21,29-30,34,39H,3,10,14,17-18H2,1-2H3,(H,32,36)(H,33,37)/b6-4+,7-5+,9-8+,15-11+,16-12+,19-13+/t21?,29-,30-,31+/m1/s1. The lowest BCUT2D eigenvalue weighted by Crippen LogP contribution is -2.42. The minimum absolute atomic E-state index is 0.0472. The number of carbonyl (C=O) groups excluding carboxylic acids is 4.